The molecule has 1 aromatic carbocycles. The van der Waals surface area contributed by atoms with E-state index in [4.69, 9.17) is 4.18 Å². The third-order valence-electron chi connectivity index (χ3n) is 2.73. The molecule has 94 valence electrons. The van der Waals surface area contributed by atoms with Gasteiger partial charge in [0.25, 0.3) is 10.1 Å². The molecule has 1 atom stereocenters. The maximum Gasteiger partial charge on any atom is 0.264 e. The van der Waals surface area contributed by atoms with Crippen molar-refractivity contribution in [2.24, 2.45) is 0 Å². The van der Waals surface area contributed by atoms with Gasteiger partial charge in [-0.15, -0.1) is 0 Å². The number of hydrogen-bond donors (Lipinski definition) is 0. The van der Waals surface area contributed by atoms with E-state index in [1.165, 1.54) is 6.07 Å². The molecule has 17 heavy (non-hydrogen) atoms. The monoisotopic (exact) mass is 262 g/mol. The van der Waals surface area contributed by atoms with Crippen molar-refractivity contribution in [1.82, 2.24) is 0 Å². The van der Waals surface area contributed by atoms with Gasteiger partial charge in [-0.05, 0) is 30.0 Å². The molecule has 0 aromatic heterocycles. The fourth-order valence-electron chi connectivity index (χ4n) is 2.08. The Morgan fingerprint density at radius 3 is 2.71 bits per heavy atom. The Bertz CT molecular complexity index is 540. The van der Waals surface area contributed by atoms with Crippen LogP contribution in [0.5, 0.6) is 0 Å². The highest BCUT2D eigenvalue weighted by atomic mass is 32.2. The van der Waals surface area contributed by atoms with Gasteiger partial charge in [0.2, 0.25) is 0 Å². The molecule has 0 unspecified atom stereocenters. The summed E-state index contributed by atoms with van der Waals surface area (Å²) in [6.07, 6.45) is 1.43. The number of halogens is 2. The first-order valence-electron chi connectivity index (χ1n) is 5.20. The highest BCUT2D eigenvalue weighted by molar-refractivity contribution is 7.86. The first-order chi connectivity index (χ1) is 7.85. The molecule has 3 nitrogen and oxygen atoms in total. The van der Waals surface area contributed by atoms with Crippen LogP contribution in [0.2, 0.25) is 0 Å². The van der Waals surface area contributed by atoms with Crippen LogP contribution in [-0.4, -0.2) is 20.8 Å². The minimum atomic E-state index is -3.54. The largest absolute Gasteiger partial charge is 0.267 e. The Morgan fingerprint density at radius 2 is 2.06 bits per heavy atom. The van der Waals surface area contributed by atoms with Gasteiger partial charge in [0.1, 0.15) is 11.6 Å². The van der Waals surface area contributed by atoms with Gasteiger partial charge in [0, 0.05) is 12.5 Å². The zero-order chi connectivity index (χ0) is 12.6. The predicted molar refractivity (Wildman–Crippen MR) is 58.1 cm³/mol. The summed E-state index contributed by atoms with van der Waals surface area (Å²) in [6, 6.07) is 2.09. The van der Waals surface area contributed by atoms with Gasteiger partial charge >= 0.3 is 0 Å². The summed E-state index contributed by atoms with van der Waals surface area (Å²) in [5.41, 5.74) is 0.946. The first kappa shape index (κ1) is 12.4. The van der Waals surface area contributed by atoms with Gasteiger partial charge in [-0.25, -0.2) is 8.78 Å². The van der Waals surface area contributed by atoms with Crippen LogP contribution in [0.3, 0.4) is 0 Å². The third kappa shape index (κ3) is 3.01. The Balaban J connectivity index is 2.24. The molecule has 0 spiro atoms. The molecule has 0 saturated carbocycles. The molecule has 0 N–H and O–H groups in total. The molecule has 1 aliphatic rings. The van der Waals surface area contributed by atoms with Gasteiger partial charge in [0.05, 0.1) is 12.4 Å². The van der Waals surface area contributed by atoms with E-state index in [1.54, 1.807) is 0 Å². The van der Waals surface area contributed by atoms with Gasteiger partial charge in [0.15, 0.2) is 0 Å². The average molecular weight is 262 g/mol. The zero-order valence-electron chi connectivity index (χ0n) is 9.24. The van der Waals surface area contributed by atoms with Crippen molar-refractivity contribution in [1.29, 1.82) is 0 Å². The molecule has 0 fully saturated rings. The average Bonchev–Trinajstić information content (AvgIpc) is 2.16. The van der Waals surface area contributed by atoms with E-state index in [9.17, 15) is 17.2 Å². The fourth-order valence-corrected chi connectivity index (χ4v) is 2.74. The lowest BCUT2D eigenvalue weighted by molar-refractivity contribution is 0.192. The van der Waals surface area contributed by atoms with Crippen LogP contribution < -0.4 is 0 Å². The summed E-state index contributed by atoms with van der Waals surface area (Å²) in [4.78, 5) is 0. The highest BCUT2D eigenvalue weighted by Gasteiger charge is 2.25. The Morgan fingerprint density at radius 1 is 1.35 bits per heavy atom. The standard InChI is InChI=1S/C11H12F2O3S/c1-17(14,15)16-9-3-2-7-4-8(12)5-11(13)10(7)6-9/h4-5,9H,2-3,6H2,1H3/t9-/m1/s1. The molecule has 1 aromatic rings. The van der Waals surface area contributed by atoms with Crippen LogP contribution in [0.1, 0.15) is 17.5 Å². The van der Waals surface area contributed by atoms with Crippen LogP contribution in [0.25, 0.3) is 0 Å². The minimum Gasteiger partial charge on any atom is -0.267 e. The highest BCUT2D eigenvalue weighted by Crippen LogP contribution is 2.27. The molecule has 0 saturated heterocycles. The lowest BCUT2D eigenvalue weighted by Gasteiger charge is -2.24. The SMILES string of the molecule is CS(=O)(=O)O[C@@H]1CCc2cc(F)cc(F)c2C1. The molecule has 0 amide bonds. The van der Waals surface area contributed by atoms with Crippen molar-refractivity contribution in [3.05, 3.63) is 34.9 Å². The zero-order valence-corrected chi connectivity index (χ0v) is 10.1. The molecular weight excluding hydrogens is 250 g/mol. The molecule has 0 radical (unpaired) electrons. The second-order valence-electron chi connectivity index (χ2n) is 4.19. The summed E-state index contributed by atoms with van der Waals surface area (Å²) in [5, 5.41) is 0. The quantitative estimate of drug-likeness (QED) is 0.763. The van der Waals surface area contributed by atoms with Gasteiger partial charge in [-0.2, -0.15) is 8.42 Å². The molecule has 0 heterocycles. The molecule has 0 bridgehead atoms. The summed E-state index contributed by atoms with van der Waals surface area (Å²) >= 11 is 0. The number of benzene rings is 1. The Labute approximate surface area is 98.5 Å². The minimum absolute atomic E-state index is 0.161. The van der Waals surface area contributed by atoms with E-state index in [0.717, 1.165) is 12.3 Å². The van der Waals surface area contributed by atoms with E-state index < -0.39 is 27.9 Å². The topological polar surface area (TPSA) is 43.4 Å². The Hall–Kier alpha value is -1.01. The number of hydrogen-bond acceptors (Lipinski definition) is 3. The second kappa shape index (κ2) is 4.34. The first-order valence-corrected chi connectivity index (χ1v) is 7.02. The lowest BCUT2D eigenvalue weighted by Crippen LogP contribution is -2.26. The van der Waals surface area contributed by atoms with Crippen molar-refractivity contribution in [2.45, 2.75) is 25.4 Å². The number of rotatable bonds is 2. The maximum absolute atomic E-state index is 13.5. The van der Waals surface area contributed by atoms with E-state index >= 15 is 0 Å². The van der Waals surface area contributed by atoms with Gasteiger partial charge < -0.3 is 0 Å². The van der Waals surface area contributed by atoms with Crippen LogP contribution >= 0.6 is 0 Å². The summed E-state index contributed by atoms with van der Waals surface area (Å²) < 4.78 is 53.2. The molecular formula is C11H12F2O3S. The smallest absolute Gasteiger partial charge is 0.264 e. The van der Waals surface area contributed by atoms with Crippen LogP contribution in [0.15, 0.2) is 12.1 Å². The predicted octanol–water partition coefficient (Wildman–Crippen LogP) is 1.80. The van der Waals surface area contributed by atoms with Crippen molar-refractivity contribution in [3.63, 3.8) is 0 Å². The Kier molecular flexibility index (Phi) is 3.18. The van der Waals surface area contributed by atoms with Gasteiger partial charge in [-0.3, -0.25) is 4.18 Å². The van der Waals surface area contributed by atoms with Crippen molar-refractivity contribution >= 4 is 10.1 Å². The van der Waals surface area contributed by atoms with Crippen LogP contribution in [0.4, 0.5) is 8.78 Å². The van der Waals surface area contributed by atoms with E-state index in [1.807, 2.05) is 0 Å². The van der Waals surface area contributed by atoms with Crippen molar-refractivity contribution in [2.75, 3.05) is 6.26 Å². The van der Waals surface area contributed by atoms with Gasteiger partial charge in [-0.1, -0.05) is 0 Å². The maximum atomic E-state index is 13.5. The van der Waals surface area contributed by atoms with Crippen LogP contribution in [0, 0.1) is 11.6 Å². The summed E-state index contributed by atoms with van der Waals surface area (Å²) in [6.45, 7) is 0. The van der Waals surface area contributed by atoms with Crippen LogP contribution in [-0.2, 0) is 27.1 Å². The third-order valence-corrected chi connectivity index (χ3v) is 3.35. The molecule has 2 rings (SSSR count). The summed E-state index contributed by atoms with van der Waals surface area (Å²) in [5.74, 6) is -1.24. The fraction of sp³-hybridized carbons (Fsp3) is 0.455. The second-order valence-corrected chi connectivity index (χ2v) is 5.79. The normalized spacial score (nSPS) is 20.1. The lowest BCUT2D eigenvalue weighted by atomic mass is 9.89. The van der Waals surface area contributed by atoms with E-state index in [-0.39, 0.29) is 6.42 Å². The van der Waals surface area contributed by atoms with Crippen molar-refractivity contribution < 1.29 is 21.4 Å². The number of aryl methyl sites for hydroxylation is 1. The van der Waals surface area contributed by atoms with Crippen molar-refractivity contribution in [3.8, 4) is 0 Å². The number of fused-ring (bicyclic) bond motifs is 1. The molecule has 1 aliphatic carbocycles. The van der Waals surface area contributed by atoms with E-state index in [0.29, 0.717) is 24.0 Å². The molecule has 6 heteroatoms. The summed E-state index contributed by atoms with van der Waals surface area (Å²) in [7, 11) is -3.54. The van der Waals surface area contributed by atoms with E-state index in [2.05, 4.69) is 0 Å². The molecule has 0 aliphatic heterocycles.